The molecular formula is C19H23N4NaO3. The number of anilines is 1. The summed E-state index contributed by atoms with van der Waals surface area (Å²) in [5, 5.41) is 18.5. The van der Waals surface area contributed by atoms with Crippen molar-refractivity contribution in [2.24, 2.45) is 7.05 Å². The summed E-state index contributed by atoms with van der Waals surface area (Å²) in [6.07, 6.45) is 4.89. The van der Waals surface area contributed by atoms with Crippen molar-refractivity contribution < 1.29 is 44.3 Å². The number of carboxylic acid groups (broad SMARTS) is 1. The van der Waals surface area contributed by atoms with E-state index in [1.54, 1.807) is 29.0 Å². The molecular weight excluding hydrogens is 355 g/mol. The van der Waals surface area contributed by atoms with Crippen LogP contribution in [-0.4, -0.2) is 40.3 Å². The van der Waals surface area contributed by atoms with Gasteiger partial charge in [-0.05, 0) is 37.3 Å². The standard InChI is InChI=1S/C19H24N4O3.Na/c1-13-5-3-4-6-14(13)9-10-20-18(24)16-7-8-17(19(25)26)23(16)15-11-21-22(2)12-15;/h3-6,11-12,16-17H,7-10H2,1-2H3,(H,20,24)(H,25,26);/q;+1/p-1. The SMILES string of the molecule is Cc1ccccc1CCNC(=O)C1CCC(C(=O)[O-])N1c1cnn(C)c1.[Na+]. The van der Waals surface area contributed by atoms with Crippen LogP contribution in [0.3, 0.4) is 0 Å². The van der Waals surface area contributed by atoms with Crippen LogP contribution in [0.5, 0.6) is 0 Å². The summed E-state index contributed by atoms with van der Waals surface area (Å²) in [7, 11) is 1.75. The number of carbonyl (C=O) groups excluding carboxylic acids is 2. The number of hydrogen-bond acceptors (Lipinski definition) is 5. The smallest absolute Gasteiger partial charge is 0.548 e. The molecule has 8 heteroatoms. The predicted molar refractivity (Wildman–Crippen MR) is 95.4 cm³/mol. The minimum absolute atomic E-state index is 0. The molecule has 138 valence electrons. The molecule has 1 N–H and O–H groups in total. The van der Waals surface area contributed by atoms with Crippen LogP contribution in [0.4, 0.5) is 5.69 Å². The molecule has 1 aliphatic rings. The molecule has 7 nitrogen and oxygen atoms in total. The molecule has 2 aromatic rings. The van der Waals surface area contributed by atoms with Crippen LogP contribution in [0.25, 0.3) is 0 Å². The van der Waals surface area contributed by atoms with Crippen LogP contribution in [0.15, 0.2) is 36.7 Å². The van der Waals surface area contributed by atoms with Crippen LogP contribution < -0.4 is 44.9 Å². The van der Waals surface area contributed by atoms with E-state index < -0.39 is 18.1 Å². The predicted octanol–water partition coefficient (Wildman–Crippen LogP) is -2.82. The van der Waals surface area contributed by atoms with Crippen molar-refractivity contribution >= 4 is 17.6 Å². The zero-order valence-electron chi connectivity index (χ0n) is 16.0. The van der Waals surface area contributed by atoms with Gasteiger partial charge < -0.3 is 20.1 Å². The van der Waals surface area contributed by atoms with E-state index in [0.717, 1.165) is 6.42 Å². The fourth-order valence-corrected chi connectivity index (χ4v) is 3.53. The summed E-state index contributed by atoms with van der Waals surface area (Å²) < 4.78 is 1.59. The molecule has 2 unspecified atom stereocenters. The van der Waals surface area contributed by atoms with Crippen molar-refractivity contribution in [2.75, 3.05) is 11.4 Å². The third kappa shape index (κ3) is 4.91. The van der Waals surface area contributed by atoms with E-state index in [9.17, 15) is 14.7 Å². The van der Waals surface area contributed by atoms with Gasteiger partial charge in [0.1, 0.15) is 6.04 Å². The Labute approximate surface area is 181 Å². The minimum atomic E-state index is -1.16. The van der Waals surface area contributed by atoms with E-state index in [4.69, 9.17) is 0 Å². The van der Waals surface area contributed by atoms with Crippen molar-refractivity contribution in [2.45, 2.75) is 38.3 Å². The van der Waals surface area contributed by atoms with E-state index in [1.165, 1.54) is 11.1 Å². The van der Waals surface area contributed by atoms with Gasteiger partial charge in [-0.15, -0.1) is 0 Å². The maximum Gasteiger partial charge on any atom is 1.00 e. The first kappa shape index (κ1) is 21.5. The zero-order chi connectivity index (χ0) is 18.7. The van der Waals surface area contributed by atoms with Gasteiger partial charge in [-0.1, -0.05) is 24.3 Å². The molecule has 27 heavy (non-hydrogen) atoms. The molecule has 2 heterocycles. The van der Waals surface area contributed by atoms with Gasteiger partial charge in [-0.25, -0.2) is 0 Å². The number of aliphatic carboxylic acids is 1. The second-order valence-electron chi connectivity index (χ2n) is 6.67. The first-order valence-corrected chi connectivity index (χ1v) is 8.77. The number of aryl methyl sites for hydroxylation is 2. The van der Waals surface area contributed by atoms with Crippen molar-refractivity contribution in [1.82, 2.24) is 15.1 Å². The fraction of sp³-hybridized carbons (Fsp3) is 0.421. The van der Waals surface area contributed by atoms with E-state index in [0.29, 0.717) is 25.1 Å². The van der Waals surface area contributed by atoms with Gasteiger partial charge in [-0.2, -0.15) is 5.10 Å². The quantitative estimate of drug-likeness (QED) is 0.548. The second-order valence-corrected chi connectivity index (χ2v) is 6.67. The summed E-state index contributed by atoms with van der Waals surface area (Å²) in [6, 6.07) is 6.72. The van der Waals surface area contributed by atoms with Crippen LogP contribution >= 0.6 is 0 Å². The first-order chi connectivity index (χ1) is 12.5. The number of amides is 1. The first-order valence-electron chi connectivity index (χ1n) is 8.77. The van der Waals surface area contributed by atoms with E-state index in [1.807, 2.05) is 31.2 Å². The van der Waals surface area contributed by atoms with E-state index >= 15 is 0 Å². The number of nitrogens with zero attached hydrogens (tertiary/aromatic N) is 3. The Hall–Kier alpha value is -1.83. The third-order valence-corrected chi connectivity index (χ3v) is 4.90. The maximum absolute atomic E-state index is 12.7. The Kier molecular flexibility index (Phi) is 7.47. The summed E-state index contributed by atoms with van der Waals surface area (Å²) >= 11 is 0. The van der Waals surface area contributed by atoms with E-state index in [-0.39, 0.29) is 35.5 Å². The van der Waals surface area contributed by atoms with Crippen LogP contribution in [0, 0.1) is 6.92 Å². The van der Waals surface area contributed by atoms with Gasteiger partial charge in [-0.3, -0.25) is 9.48 Å². The maximum atomic E-state index is 12.7. The Balaban J connectivity index is 0.00000261. The molecule has 0 saturated carbocycles. The summed E-state index contributed by atoms with van der Waals surface area (Å²) in [5.41, 5.74) is 3.01. The van der Waals surface area contributed by atoms with Gasteiger partial charge >= 0.3 is 29.6 Å². The number of nitrogens with one attached hydrogen (secondary N) is 1. The molecule has 1 amide bonds. The molecule has 2 atom stereocenters. The molecule has 1 aromatic heterocycles. The molecule has 0 aliphatic carbocycles. The topological polar surface area (TPSA) is 90.3 Å². The number of aromatic nitrogens is 2. The molecule has 1 fully saturated rings. The van der Waals surface area contributed by atoms with Crippen molar-refractivity contribution in [3.63, 3.8) is 0 Å². The third-order valence-electron chi connectivity index (χ3n) is 4.90. The average Bonchev–Trinajstić information content (AvgIpc) is 3.22. The van der Waals surface area contributed by atoms with Gasteiger partial charge in [0.15, 0.2) is 0 Å². The van der Waals surface area contributed by atoms with Crippen LogP contribution in [0.1, 0.15) is 24.0 Å². The Bertz CT molecular complexity index is 808. The second kappa shape index (κ2) is 9.39. The summed E-state index contributed by atoms with van der Waals surface area (Å²) in [4.78, 5) is 25.8. The summed E-state index contributed by atoms with van der Waals surface area (Å²) in [5.74, 6) is -1.32. The van der Waals surface area contributed by atoms with Crippen molar-refractivity contribution in [3.8, 4) is 0 Å². The average molecular weight is 378 g/mol. The number of carbonyl (C=O) groups is 2. The monoisotopic (exact) mass is 378 g/mol. The molecule has 1 aliphatic heterocycles. The summed E-state index contributed by atoms with van der Waals surface area (Å²) in [6.45, 7) is 2.56. The fourth-order valence-electron chi connectivity index (χ4n) is 3.53. The Morgan fingerprint density at radius 2 is 1.96 bits per heavy atom. The van der Waals surface area contributed by atoms with Crippen LogP contribution in [-0.2, 0) is 23.1 Å². The molecule has 1 saturated heterocycles. The largest absolute Gasteiger partial charge is 1.00 e. The van der Waals surface area contributed by atoms with Crippen molar-refractivity contribution in [1.29, 1.82) is 0 Å². The molecule has 0 radical (unpaired) electrons. The van der Waals surface area contributed by atoms with Gasteiger partial charge in [0, 0.05) is 19.8 Å². The van der Waals surface area contributed by atoms with Gasteiger partial charge in [0.2, 0.25) is 5.91 Å². The minimum Gasteiger partial charge on any atom is -0.548 e. The zero-order valence-corrected chi connectivity index (χ0v) is 18.0. The number of hydrogen-bond donors (Lipinski definition) is 1. The number of rotatable bonds is 6. The van der Waals surface area contributed by atoms with Gasteiger partial charge in [0.05, 0.1) is 23.9 Å². The van der Waals surface area contributed by atoms with Crippen molar-refractivity contribution in [3.05, 3.63) is 47.8 Å². The number of carboxylic acids is 1. The molecule has 3 rings (SSSR count). The number of benzene rings is 1. The normalized spacial score (nSPS) is 18.8. The van der Waals surface area contributed by atoms with Gasteiger partial charge in [0.25, 0.3) is 0 Å². The molecule has 0 bridgehead atoms. The van der Waals surface area contributed by atoms with Crippen LogP contribution in [0.2, 0.25) is 0 Å². The molecule has 0 spiro atoms. The molecule has 1 aromatic carbocycles. The van der Waals surface area contributed by atoms with E-state index in [2.05, 4.69) is 10.4 Å². The Morgan fingerprint density at radius 3 is 2.59 bits per heavy atom. The Morgan fingerprint density at radius 1 is 1.26 bits per heavy atom.